The minimum atomic E-state index is -0.378. The smallest absolute Gasteiger partial charge is 0.241 e. The molecule has 1 aromatic carbocycles. The normalized spacial score (nSPS) is 12.3. The molecule has 0 spiro atoms. The molecule has 24 heavy (non-hydrogen) atoms. The van der Waals surface area contributed by atoms with E-state index in [1.165, 1.54) is 0 Å². The molecule has 0 aliphatic heterocycles. The number of carbonyl (C=O) groups is 2. The highest BCUT2D eigenvalue weighted by molar-refractivity contribution is 5.96. The molecule has 5 heteroatoms. The summed E-state index contributed by atoms with van der Waals surface area (Å²) in [4.78, 5) is 26.4. The van der Waals surface area contributed by atoms with Crippen LogP contribution in [-0.2, 0) is 9.59 Å². The van der Waals surface area contributed by atoms with Gasteiger partial charge in [-0.3, -0.25) is 14.5 Å². The number of aryl methyl sites for hydroxylation is 1. The second-order valence-electron chi connectivity index (χ2n) is 6.38. The van der Waals surface area contributed by atoms with E-state index in [0.29, 0.717) is 19.0 Å². The van der Waals surface area contributed by atoms with Crippen LogP contribution >= 0.6 is 0 Å². The van der Waals surface area contributed by atoms with Gasteiger partial charge >= 0.3 is 0 Å². The largest absolute Gasteiger partial charge is 0.355 e. The van der Waals surface area contributed by atoms with Crippen molar-refractivity contribution in [3.8, 4) is 0 Å². The topological polar surface area (TPSA) is 61.4 Å². The van der Waals surface area contributed by atoms with Crippen LogP contribution in [0.25, 0.3) is 0 Å². The van der Waals surface area contributed by atoms with Crippen molar-refractivity contribution in [1.82, 2.24) is 10.2 Å². The molecule has 0 fully saturated rings. The molecule has 0 bridgehead atoms. The zero-order chi connectivity index (χ0) is 18.3. The van der Waals surface area contributed by atoms with Crippen LogP contribution in [0.2, 0.25) is 0 Å². The third-order valence-corrected chi connectivity index (χ3v) is 4.23. The summed E-state index contributed by atoms with van der Waals surface area (Å²) in [5, 5.41) is 5.84. The Morgan fingerprint density at radius 1 is 1.17 bits per heavy atom. The number of rotatable bonds is 8. The molecule has 134 valence electrons. The van der Waals surface area contributed by atoms with Gasteiger partial charge in [-0.1, -0.05) is 39.0 Å². The number of amides is 2. The van der Waals surface area contributed by atoms with Crippen molar-refractivity contribution in [2.45, 2.75) is 53.5 Å². The summed E-state index contributed by atoms with van der Waals surface area (Å²) in [5.74, 6) is 0.184. The molecule has 0 aliphatic carbocycles. The lowest BCUT2D eigenvalue weighted by molar-refractivity contribution is -0.125. The van der Waals surface area contributed by atoms with Crippen LogP contribution in [0.15, 0.2) is 18.2 Å². The maximum atomic E-state index is 12.7. The number of anilines is 1. The molecule has 5 nitrogen and oxygen atoms in total. The Labute approximate surface area is 145 Å². The van der Waals surface area contributed by atoms with Gasteiger partial charge < -0.3 is 10.6 Å². The fraction of sp³-hybridized carbons (Fsp3) is 0.579. The minimum Gasteiger partial charge on any atom is -0.355 e. The van der Waals surface area contributed by atoms with Crippen LogP contribution in [-0.4, -0.2) is 42.4 Å². The summed E-state index contributed by atoms with van der Waals surface area (Å²) < 4.78 is 0. The van der Waals surface area contributed by atoms with Crippen molar-refractivity contribution in [2.24, 2.45) is 0 Å². The van der Waals surface area contributed by atoms with Crippen LogP contribution in [0.1, 0.15) is 51.7 Å². The van der Waals surface area contributed by atoms with Crippen molar-refractivity contribution >= 4 is 17.5 Å². The lowest BCUT2D eigenvalue weighted by Crippen LogP contribution is -2.47. The first-order chi connectivity index (χ1) is 11.3. The Morgan fingerprint density at radius 3 is 2.38 bits per heavy atom. The van der Waals surface area contributed by atoms with Gasteiger partial charge in [0.2, 0.25) is 11.8 Å². The monoisotopic (exact) mass is 333 g/mol. The van der Waals surface area contributed by atoms with Gasteiger partial charge in [-0.15, -0.1) is 0 Å². The van der Waals surface area contributed by atoms with Crippen molar-refractivity contribution < 1.29 is 9.59 Å². The third-order valence-electron chi connectivity index (χ3n) is 4.23. The average Bonchev–Trinajstić information content (AvgIpc) is 2.53. The highest BCUT2D eigenvalue weighted by Gasteiger charge is 2.23. The van der Waals surface area contributed by atoms with Gasteiger partial charge in [0.1, 0.15) is 0 Å². The van der Waals surface area contributed by atoms with E-state index in [1.807, 2.05) is 50.8 Å². The van der Waals surface area contributed by atoms with Crippen LogP contribution in [0.5, 0.6) is 0 Å². The van der Waals surface area contributed by atoms with E-state index in [1.54, 1.807) is 0 Å². The molecular weight excluding hydrogens is 302 g/mol. The third kappa shape index (κ3) is 5.34. The Balaban J connectivity index is 2.88. The average molecular weight is 333 g/mol. The van der Waals surface area contributed by atoms with E-state index in [2.05, 4.69) is 24.5 Å². The number of hydrogen-bond donors (Lipinski definition) is 2. The van der Waals surface area contributed by atoms with Crippen LogP contribution in [0.4, 0.5) is 5.69 Å². The zero-order valence-electron chi connectivity index (χ0n) is 15.8. The molecule has 0 aromatic heterocycles. The van der Waals surface area contributed by atoms with Gasteiger partial charge in [0, 0.05) is 12.2 Å². The van der Waals surface area contributed by atoms with E-state index in [9.17, 15) is 9.59 Å². The number of hydrogen-bond acceptors (Lipinski definition) is 3. The Hall–Kier alpha value is -1.88. The predicted octanol–water partition coefficient (Wildman–Crippen LogP) is 2.90. The van der Waals surface area contributed by atoms with E-state index in [0.717, 1.165) is 16.8 Å². The number of benzene rings is 1. The standard InChI is InChI=1S/C19H31N3O2/c1-7-20-17(23)12-22(8-2)15(6)19(24)21-18-14(5)10-9-11-16(18)13(3)4/h9-11,13,15H,7-8,12H2,1-6H3,(H,20,23)(H,21,24)/t15-/m1/s1. The SMILES string of the molecule is CCNC(=O)CN(CC)[C@H](C)C(=O)Nc1c(C)cccc1C(C)C. The maximum Gasteiger partial charge on any atom is 0.241 e. The Morgan fingerprint density at radius 2 is 1.83 bits per heavy atom. The molecule has 2 amide bonds. The second-order valence-corrected chi connectivity index (χ2v) is 6.38. The highest BCUT2D eigenvalue weighted by atomic mass is 16.2. The van der Waals surface area contributed by atoms with E-state index >= 15 is 0 Å². The number of nitrogens with one attached hydrogen (secondary N) is 2. The molecule has 0 heterocycles. The highest BCUT2D eigenvalue weighted by Crippen LogP contribution is 2.27. The van der Waals surface area contributed by atoms with Crippen LogP contribution in [0.3, 0.4) is 0 Å². The molecule has 1 aromatic rings. The van der Waals surface area contributed by atoms with Crippen molar-refractivity contribution in [3.05, 3.63) is 29.3 Å². The molecule has 1 rings (SSSR count). The number of carbonyl (C=O) groups excluding carboxylic acids is 2. The van der Waals surface area contributed by atoms with Crippen molar-refractivity contribution in [3.63, 3.8) is 0 Å². The molecule has 0 aliphatic rings. The lowest BCUT2D eigenvalue weighted by atomic mass is 9.98. The van der Waals surface area contributed by atoms with Crippen LogP contribution in [0, 0.1) is 6.92 Å². The van der Waals surface area contributed by atoms with Crippen LogP contribution < -0.4 is 10.6 Å². The van der Waals surface area contributed by atoms with E-state index < -0.39 is 0 Å². The molecule has 0 unspecified atom stereocenters. The number of likely N-dealkylation sites (N-methyl/N-ethyl adjacent to an activating group) is 2. The van der Waals surface area contributed by atoms with E-state index in [4.69, 9.17) is 0 Å². The molecule has 0 radical (unpaired) electrons. The summed E-state index contributed by atoms with van der Waals surface area (Å²) in [6.07, 6.45) is 0. The Bertz CT molecular complexity index is 570. The predicted molar refractivity (Wildman–Crippen MR) is 99.3 cm³/mol. The quantitative estimate of drug-likeness (QED) is 0.769. The molecular formula is C19H31N3O2. The summed E-state index contributed by atoms with van der Waals surface area (Å²) in [6, 6.07) is 5.68. The summed E-state index contributed by atoms with van der Waals surface area (Å²) in [7, 11) is 0. The molecule has 2 N–H and O–H groups in total. The zero-order valence-corrected chi connectivity index (χ0v) is 15.8. The fourth-order valence-corrected chi connectivity index (χ4v) is 2.70. The van der Waals surface area contributed by atoms with Gasteiger partial charge in [0.25, 0.3) is 0 Å². The lowest BCUT2D eigenvalue weighted by Gasteiger charge is -2.27. The molecule has 0 saturated heterocycles. The minimum absolute atomic E-state index is 0.0576. The van der Waals surface area contributed by atoms with Gasteiger partial charge in [0.15, 0.2) is 0 Å². The summed E-state index contributed by atoms with van der Waals surface area (Å²) in [6.45, 7) is 13.4. The van der Waals surface area contributed by atoms with Gasteiger partial charge in [-0.05, 0) is 44.4 Å². The molecule has 1 atom stereocenters. The Kier molecular flexibility index (Phi) is 7.92. The van der Waals surface area contributed by atoms with Gasteiger partial charge in [0.05, 0.1) is 12.6 Å². The fourth-order valence-electron chi connectivity index (χ4n) is 2.70. The molecule has 0 saturated carbocycles. The first-order valence-electron chi connectivity index (χ1n) is 8.72. The van der Waals surface area contributed by atoms with Gasteiger partial charge in [-0.2, -0.15) is 0 Å². The van der Waals surface area contributed by atoms with Gasteiger partial charge in [-0.25, -0.2) is 0 Å². The van der Waals surface area contributed by atoms with Crippen molar-refractivity contribution in [2.75, 3.05) is 25.0 Å². The number of nitrogens with zero attached hydrogens (tertiary/aromatic N) is 1. The first-order valence-corrected chi connectivity index (χ1v) is 8.72. The second kappa shape index (κ2) is 9.42. The summed E-state index contributed by atoms with van der Waals surface area (Å²) >= 11 is 0. The maximum absolute atomic E-state index is 12.7. The summed E-state index contributed by atoms with van der Waals surface area (Å²) in [5.41, 5.74) is 3.06. The van der Waals surface area contributed by atoms with Crippen molar-refractivity contribution in [1.29, 1.82) is 0 Å². The number of para-hydroxylation sites is 1. The van der Waals surface area contributed by atoms with E-state index in [-0.39, 0.29) is 24.4 Å². The first kappa shape index (κ1) is 20.2.